The van der Waals surface area contributed by atoms with Crippen molar-refractivity contribution in [1.82, 2.24) is 29.4 Å². The summed E-state index contributed by atoms with van der Waals surface area (Å²) in [5.74, 6) is -5.56. The van der Waals surface area contributed by atoms with Crippen LogP contribution >= 0.6 is 0 Å². The summed E-state index contributed by atoms with van der Waals surface area (Å²) in [6.07, 6.45) is 1.37. The van der Waals surface area contributed by atoms with Gasteiger partial charge in [-0.05, 0) is 157 Å². The molecule has 4 aromatic rings. The first-order chi connectivity index (χ1) is 52.7. The van der Waals surface area contributed by atoms with Gasteiger partial charge in [-0.3, -0.25) is 38.8 Å². The van der Waals surface area contributed by atoms with Gasteiger partial charge in [0.1, 0.15) is 52.2 Å². The Morgan fingerprint density at radius 1 is 0.421 bits per heavy atom. The minimum Gasteiger partial charge on any atom is -0.480 e. The van der Waals surface area contributed by atoms with Crippen LogP contribution in [-0.2, 0) is 118 Å². The summed E-state index contributed by atoms with van der Waals surface area (Å²) in [4.78, 5) is 146. The molecule has 10 rings (SSSR count). The number of hydrogen-bond donors (Lipinski definition) is 5. The molecular weight excluding hydrogens is 1570 g/mol. The molecule has 6 aliphatic heterocycles. The Labute approximate surface area is 681 Å². The molecule has 30 nitrogen and oxygen atoms in total. The summed E-state index contributed by atoms with van der Waals surface area (Å²) in [5.41, 5.74) is -4.13. The largest absolute Gasteiger partial charge is 0.480 e. The smallest absolute Gasteiger partial charge is 0.411 e. The fourth-order valence-electron chi connectivity index (χ4n) is 14.0. The summed E-state index contributed by atoms with van der Waals surface area (Å²) in [7, 11) is 0. The number of aliphatic hydroxyl groups excluding tert-OH is 3. The first kappa shape index (κ1) is 95.5. The van der Waals surface area contributed by atoms with E-state index in [1.54, 1.807) is 83.1 Å². The van der Waals surface area contributed by atoms with Gasteiger partial charge in [-0.25, -0.2) is 33.6 Å². The number of carboxylic acid groups (broad SMARTS) is 2. The van der Waals surface area contributed by atoms with Crippen LogP contribution in [0.25, 0.3) is 0 Å². The van der Waals surface area contributed by atoms with E-state index >= 15 is 0 Å². The summed E-state index contributed by atoms with van der Waals surface area (Å²) in [6.45, 7) is 21.7. The first-order valence-corrected chi connectivity index (χ1v) is 37.8. The number of nitrogens with zero attached hydrogens (tertiary/aromatic N) is 6. The number of β-lactam (4-membered cyclic amide) rings is 2. The molecule has 2 spiro atoms. The van der Waals surface area contributed by atoms with E-state index in [1.165, 1.54) is 19.6 Å². The van der Waals surface area contributed by atoms with Crippen LogP contribution in [-0.4, -0.2) is 250 Å². The van der Waals surface area contributed by atoms with Crippen LogP contribution in [0.3, 0.4) is 0 Å². The number of carbonyl (C=O) groups is 11. The Morgan fingerprint density at radius 2 is 0.737 bits per heavy atom. The molecule has 6 aliphatic rings. The fourth-order valence-corrected chi connectivity index (χ4v) is 14.0. The van der Waals surface area contributed by atoms with Crippen LogP contribution in [0.5, 0.6) is 0 Å². The SMILES string of the molecule is CC(C)(C)OC(=O)N1CCCC1(CO)C(=O)C[C@@H](COCc1ccccc1)C(=O)OCc1ccccc1.CC(C)(C)OC(=O)N1CCCC1(CO)C(=O)O.CC(C)(C)OC(=O)N1CCCC12CN([C@@H](CO)C(=O)O)C2=O.CC(C)(C)OC(=O)N1CCCC12CN([C@@H](COCc1ccccc1)C(=O)OCc1ccccc1)C2=O.[CH3-].[Pd]. The zero-order valence-corrected chi connectivity index (χ0v) is 69.3. The second-order valence-electron chi connectivity index (χ2n) is 32.6. The van der Waals surface area contributed by atoms with Crippen molar-refractivity contribution in [2.45, 2.75) is 224 Å². The van der Waals surface area contributed by atoms with Crippen molar-refractivity contribution < 1.29 is 137 Å². The maximum Gasteiger partial charge on any atom is 0.411 e. The van der Waals surface area contributed by atoms with Gasteiger partial charge < -0.3 is 80.7 Å². The standard InChI is InChI=1S/C29H37NO7.C28H34N2O6.C14H22N2O6.C11H19NO5.CH3.Pd/c1-28(2,3)37-27(34)30-16-10-15-29(30,21-31)25(32)17-24(20-35-18-22-11-6-4-7-12-22)26(33)36-19-23-13-8-5-9-14-23;1-27(2,3)36-26(33)30-16-10-15-28(30)20-29(25(28)32)23(19-34-17-21-11-6-4-7-12-21)24(31)35-18-22-13-8-5-9-14-22;1-13(2,3)22-12(21)16-6-4-5-14(16)8-15(11(14)20)9(7-17)10(18)19;1-10(2,3)17-9(16)12-6-4-5-11(12,7-13)8(14)15;;/h4-9,11-14,24,31H,10,15-21H2,1-3H3;4-9,11-14,23H,10,15-20H2,1-3H3;9,17H,4-8H2,1-3H3,(H,18,19);13H,4-7H2,1-3H3,(H,14,15);1H3;/q;;;;-1;/t24-,29?;23-,28?;9-,14?;;;/m000.../s1. The number of esters is 2. The Balaban J connectivity index is 0.000000282. The molecule has 4 unspecified atom stereocenters. The van der Waals surface area contributed by atoms with E-state index in [0.717, 1.165) is 32.1 Å². The van der Waals surface area contributed by atoms with E-state index in [4.69, 9.17) is 48.1 Å². The van der Waals surface area contributed by atoms with Crippen molar-refractivity contribution in [2.24, 2.45) is 5.92 Å². The van der Waals surface area contributed by atoms with E-state index in [-0.39, 0.29) is 106 Å². The topological polar surface area (TPSA) is 382 Å². The molecule has 114 heavy (non-hydrogen) atoms. The van der Waals surface area contributed by atoms with Crippen molar-refractivity contribution in [3.8, 4) is 0 Å². The van der Waals surface area contributed by atoms with Crippen LogP contribution in [0.15, 0.2) is 121 Å². The number of ketones is 1. The molecule has 632 valence electrons. The minimum absolute atomic E-state index is 0. The van der Waals surface area contributed by atoms with Gasteiger partial charge in [0, 0.05) is 53.0 Å². The van der Waals surface area contributed by atoms with Crippen LogP contribution in [0.2, 0.25) is 0 Å². The monoisotopic (exact) mass is 1690 g/mol. The second-order valence-corrected chi connectivity index (χ2v) is 32.6. The van der Waals surface area contributed by atoms with E-state index in [9.17, 15) is 68.1 Å². The summed E-state index contributed by atoms with van der Waals surface area (Å²) >= 11 is 0. The Hall–Kier alpha value is -9.09. The van der Waals surface area contributed by atoms with Crippen LogP contribution in [0, 0.1) is 13.3 Å². The maximum atomic E-state index is 13.6. The fraction of sp³-hybridized carbons (Fsp3) is 0.566. The maximum absolute atomic E-state index is 13.6. The predicted molar refractivity (Wildman–Crippen MR) is 411 cm³/mol. The number of amides is 6. The number of Topliss-reactive ketones (excluding diaryl/α,β-unsaturated/α-hetero) is 1. The zero-order chi connectivity index (χ0) is 82.6. The molecule has 6 amide bonds. The van der Waals surface area contributed by atoms with E-state index < -0.39 is 142 Å². The molecule has 6 heterocycles. The van der Waals surface area contributed by atoms with Crippen LogP contribution in [0.4, 0.5) is 19.2 Å². The Kier molecular flexibility index (Phi) is 34.7. The number of carboxylic acids is 2. The number of aliphatic carboxylic acids is 2. The van der Waals surface area contributed by atoms with E-state index in [0.29, 0.717) is 64.8 Å². The van der Waals surface area contributed by atoms with Crippen LogP contribution < -0.4 is 0 Å². The molecule has 5 N–H and O–H groups in total. The van der Waals surface area contributed by atoms with Crippen molar-refractivity contribution in [3.63, 3.8) is 0 Å². The van der Waals surface area contributed by atoms with Crippen molar-refractivity contribution in [3.05, 3.63) is 151 Å². The molecule has 0 aliphatic carbocycles. The molecule has 6 saturated heterocycles. The zero-order valence-electron chi connectivity index (χ0n) is 67.7. The van der Waals surface area contributed by atoms with Crippen molar-refractivity contribution in [1.29, 1.82) is 0 Å². The van der Waals surface area contributed by atoms with Gasteiger partial charge in [0.2, 0.25) is 0 Å². The van der Waals surface area contributed by atoms with Gasteiger partial charge in [-0.1, -0.05) is 121 Å². The Morgan fingerprint density at radius 3 is 1.08 bits per heavy atom. The number of ether oxygens (including phenoxy) is 8. The average Bonchev–Trinajstić information content (AvgIpc) is 1.47. The Bertz CT molecular complexity index is 3870. The molecule has 0 radical (unpaired) electrons. The third kappa shape index (κ3) is 25.0. The molecule has 6 fully saturated rings. The van der Waals surface area contributed by atoms with Gasteiger partial charge in [0.25, 0.3) is 11.8 Å². The third-order valence-electron chi connectivity index (χ3n) is 19.5. The van der Waals surface area contributed by atoms with Crippen molar-refractivity contribution in [2.75, 3.05) is 72.3 Å². The average molecular weight is 1690 g/mol. The molecule has 31 heteroatoms. The number of aliphatic hydroxyl groups is 3. The van der Waals surface area contributed by atoms with E-state index in [2.05, 4.69) is 0 Å². The molecule has 7 atom stereocenters. The number of hydrogen-bond acceptors (Lipinski definition) is 22. The van der Waals surface area contributed by atoms with Gasteiger partial charge in [0.05, 0.1) is 65.3 Å². The van der Waals surface area contributed by atoms with Gasteiger partial charge in [0.15, 0.2) is 23.4 Å². The first-order valence-electron chi connectivity index (χ1n) is 37.8. The number of rotatable bonds is 24. The quantitative estimate of drug-likeness (QED) is 0.0143. The van der Waals surface area contributed by atoms with Crippen LogP contribution in [0.1, 0.15) is 163 Å². The van der Waals surface area contributed by atoms with Crippen molar-refractivity contribution >= 4 is 65.8 Å². The summed E-state index contributed by atoms with van der Waals surface area (Å²) in [5, 5.41) is 46.9. The minimum atomic E-state index is -1.53. The molecular formula is C83H115N6O24Pd-. The van der Waals surface area contributed by atoms with Gasteiger partial charge in [-0.2, -0.15) is 0 Å². The number of carbonyl (C=O) groups excluding carboxylic acids is 9. The second kappa shape index (κ2) is 41.5. The van der Waals surface area contributed by atoms with Gasteiger partial charge >= 0.3 is 48.3 Å². The predicted octanol–water partition coefficient (Wildman–Crippen LogP) is 9.54. The van der Waals surface area contributed by atoms with Gasteiger partial charge in [-0.15, -0.1) is 0 Å². The summed E-state index contributed by atoms with van der Waals surface area (Å²) in [6, 6.07) is 35.6. The van der Waals surface area contributed by atoms with E-state index in [1.807, 2.05) is 121 Å². The molecule has 0 aromatic heterocycles. The third-order valence-corrected chi connectivity index (χ3v) is 19.5. The summed E-state index contributed by atoms with van der Waals surface area (Å²) < 4.78 is 44.3. The molecule has 0 saturated carbocycles. The normalized spacial score (nSPS) is 21.1. The number of benzene rings is 4. The molecule has 4 aromatic carbocycles. The number of likely N-dealkylation sites (tertiary alicyclic amines) is 6. The molecule has 0 bridgehead atoms.